The Balaban J connectivity index is 2.18. The number of likely N-dealkylation sites (N-methyl/N-ethyl adjacent to an activating group) is 1. The molecule has 4 nitrogen and oxygen atoms in total. The Kier molecular flexibility index (Phi) is 5.17. The van der Waals surface area contributed by atoms with Crippen molar-refractivity contribution in [1.82, 2.24) is 4.90 Å². The van der Waals surface area contributed by atoms with Gasteiger partial charge in [0.05, 0.1) is 6.54 Å². The molecule has 0 aromatic heterocycles. The number of rotatable bonds is 6. The lowest BCUT2D eigenvalue weighted by Crippen LogP contribution is -2.37. The van der Waals surface area contributed by atoms with Crippen LogP contribution in [0.15, 0.2) is 0 Å². The molecule has 0 aromatic rings. The number of ketones is 1. The normalized spacial score (nSPS) is 15.3. The van der Waals surface area contributed by atoms with Crippen LogP contribution < -0.4 is 0 Å². The van der Waals surface area contributed by atoms with Crippen molar-refractivity contribution >= 4 is 11.9 Å². The molecule has 1 fully saturated rings. The highest BCUT2D eigenvalue weighted by molar-refractivity contribution is 5.83. The number of amides is 1. The van der Waals surface area contributed by atoms with Crippen LogP contribution in [-0.2, 0) is 9.53 Å². The zero-order chi connectivity index (χ0) is 13.8. The summed E-state index contributed by atoms with van der Waals surface area (Å²) >= 11 is 0. The highest BCUT2D eigenvalue weighted by Crippen LogP contribution is 2.33. The second-order valence-corrected chi connectivity index (χ2v) is 6.21. The minimum atomic E-state index is -0.514. The van der Waals surface area contributed by atoms with E-state index in [2.05, 4.69) is 0 Å². The Morgan fingerprint density at radius 1 is 1.28 bits per heavy atom. The monoisotopic (exact) mass is 255 g/mol. The van der Waals surface area contributed by atoms with Crippen LogP contribution in [0.3, 0.4) is 0 Å². The molecule has 18 heavy (non-hydrogen) atoms. The standard InChI is InChI=1S/C14H25NO3/c1-14(2,3)18-13(17)15(4)10-12(16)7-5-6-11-8-9-11/h11H,5-10H2,1-4H3. The molecule has 1 aliphatic carbocycles. The van der Waals surface area contributed by atoms with Crippen molar-refractivity contribution < 1.29 is 14.3 Å². The number of carbonyl (C=O) groups excluding carboxylic acids is 2. The van der Waals surface area contributed by atoms with Crippen molar-refractivity contribution in [2.24, 2.45) is 5.92 Å². The fraction of sp³-hybridized carbons (Fsp3) is 0.857. The van der Waals surface area contributed by atoms with Crippen molar-refractivity contribution in [2.75, 3.05) is 13.6 Å². The largest absolute Gasteiger partial charge is 0.444 e. The number of Topliss-reactive ketones (excluding diaryl/α,β-unsaturated/α-hetero) is 1. The summed E-state index contributed by atoms with van der Waals surface area (Å²) in [5.41, 5.74) is -0.514. The van der Waals surface area contributed by atoms with Gasteiger partial charge in [-0.2, -0.15) is 0 Å². The van der Waals surface area contributed by atoms with Crippen molar-refractivity contribution in [3.8, 4) is 0 Å². The average molecular weight is 255 g/mol. The molecule has 0 bridgehead atoms. The van der Waals surface area contributed by atoms with Gasteiger partial charge < -0.3 is 9.64 Å². The van der Waals surface area contributed by atoms with Crippen molar-refractivity contribution in [2.45, 2.75) is 58.5 Å². The predicted molar refractivity (Wildman–Crippen MR) is 70.4 cm³/mol. The second kappa shape index (κ2) is 6.21. The van der Waals surface area contributed by atoms with E-state index < -0.39 is 11.7 Å². The Hall–Kier alpha value is -1.06. The number of hydrogen-bond acceptors (Lipinski definition) is 3. The van der Waals surface area contributed by atoms with Crippen LogP contribution in [-0.4, -0.2) is 36.0 Å². The summed E-state index contributed by atoms with van der Waals surface area (Å²) in [4.78, 5) is 24.7. The van der Waals surface area contributed by atoms with E-state index in [4.69, 9.17) is 4.74 Å². The fourth-order valence-corrected chi connectivity index (χ4v) is 1.74. The molecule has 0 aliphatic heterocycles. The Morgan fingerprint density at radius 3 is 2.39 bits per heavy atom. The number of carbonyl (C=O) groups is 2. The molecule has 4 heteroatoms. The SMILES string of the molecule is CN(CC(=O)CCCC1CC1)C(=O)OC(C)(C)C. The molecule has 0 aromatic carbocycles. The maximum Gasteiger partial charge on any atom is 0.410 e. The number of nitrogens with zero attached hydrogens (tertiary/aromatic N) is 1. The quantitative estimate of drug-likeness (QED) is 0.733. The van der Waals surface area contributed by atoms with Gasteiger partial charge in [-0.3, -0.25) is 4.79 Å². The van der Waals surface area contributed by atoms with Crippen molar-refractivity contribution in [1.29, 1.82) is 0 Å². The van der Waals surface area contributed by atoms with Crippen LogP contribution in [0.1, 0.15) is 52.9 Å². The molecule has 0 saturated heterocycles. The van der Waals surface area contributed by atoms with E-state index in [0.717, 1.165) is 18.8 Å². The molecular formula is C14H25NO3. The fourth-order valence-electron chi connectivity index (χ4n) is 1.74. The predicted octanol–water partition coefficient (Wildman–Crippen LogP) is 3.00. The van der Waals surface area contributed by atoms with Gasteiger partial charge in [0.15, 0.2) is 5.78 Å². The van der Waals surface area contributed by atoms with Gasteiger partial charge in [-0.15, -0.1) is 0 Å². The highest BCUT2D eigenvalue weighted by atomic mass is 16.6. The first-order chi connectivity index (χ1) is 8.28. The topological polar surface area (TPSA) is 46.6 Å². The molecule has 0 heterocycles. The summed E-state index contributed by atoms with van der Waals surface area (Å²) in [5, 5.41) is 0. The van der Waals surface area contributed by atoms with Crippen molar-refractivity contribution in [3.05, 3.63) is 0 Å². The van der Waals surface area contributed by atoms with Crippen LogP contribution in [0.25, 0.3) is 0 Å². The third-order valence-corrected chi connectivity index (χ3v) is 2.88. The molecule has 0 radical (unpaired) electrons. The minimum Gasteiger partial charge on any atom is -0.444 e. The number of ether oxygens (including phenoxy) is 1. The first-order valence-electron chi connectivity index (χ1n) is 6.74. The minimum absolute atomic E-state index is 0.115. The maximum absolute atomic E-state index is 11.7. The van der Waals surface area contributed by atoms with Crippen molar-refractivity contribution in [3.63, 3.8) is 0 Å². The lowest BCUT2D eigenvalue weighted by molar-refractivity contribution is -0.120. The average Bonchev–Trinajstić information content (AvgIpc) is 2.98. The lowest BCUT2D eigenvalue weighted by atomic mass is 10.1. The molecule has 1 rings (SSSR count). The van der Waals surface area contributed by atoms with Crippen LogP contribution in [0.5, 0.6) is 0 Å². The molecular weight excluding hydrogens is 230 g/mol. The Morgan fingerprint density at radius 2 is 1.89 bits per heavy atom. The van der Waals surface area contributed by atoms with E-state index in [1.54, 1.807) is 7.05 Å². The maximum atomic E-state index is 11.7. The van der Waals surface area contributed by atoms with E-state index in [1.807, 2.05) is 20.8 Å². The zero-order valence-corrected chi connectivity index (χ0v) is 12.0. The van der Waals surface area contributed by atoms with Crippen LogP contribution in [0.4, 0.5) is 4.79 Å². The van der Waals surface area contributed by atoms with Gasteiger partial charge in [-0.1, -0.05) is 19.3 Å². The molecule has 0 spiro atoms. The van der Waals surface area contributed by atoms with Crippen LogP contribution in [0.2, 0.25) is 0 Å². The summed E-state index contributed by atoms with van der Waals surface area (Å²) in [5.74, 6) is 0.977. The van der Waals surface area contributed by atoms with Crippen LogP contribution in [0, 0.1) is 5.92 Å². The number of hydrogen-bond donors (Lipinski definition) is 0. The van der Waals surface area contributed by atoms with Gasteiger partial charge in [0.1, 0.15) is 5.60 Å². The molecule has 1 saturated carbocycles. The van der Waals surface area contributed by atoms with E-state index in [1.165, 1.54) is 17.7 Å². The molecule has 104 valence electrons. The lowest BCUT2D eigenvalue weighted by Gasteiger charge is -2.24. The molecule has 1 amide bonds. The van der Waals surface area contributed by atoms with Gasteiger partial charge >= 0.3 is 6.09 Å². The molecule has 1 aliphatic rings. The molecule has 0 unspecified atom stereocenters. The summed E-state index contributed by atoms with van der Waals surface area (Å²) in [6, 6.07) is 0. The third kappa shape index (κ3) is 6.62. The van der Waals surface area contributed by atoms with Gasteiger partial charge in [-0.25, -0.2) is 4.79 Å². The van der Waals surface area contributed by atoms with E-state index in [0.29, 0.717) is 6.42 Å². The smallest absolute Gasteiger partial charge is 0.410 e. The molecule has 0 N–H and O–H groups in total. The third-order valence-electron chi connectivity index (χ3n) is 2.88. The zero-order valence-electron chi connectivity index (χ0n) is 12.0. The second-order valence-electron chi connectivity index (χ2n) is 6.21. The van der Waals surface area contributed by atoms with Gasteiger partial charge in [0, 0.05) is 13.5 Å². The Bertz CT molecular complexity index is 303. The highest BCUT2D eigenvalue weighted by Gasteiger charge is 2.22. The molecule has 0 atom stereocenters. The van der Waals surface area contributed by atoms with E-state index in [-0.39, 0.29) is 12.3 Å². The first-order valence-corrected chi connectivity index (χ1v) is 6.74. The van der Waals surface area contributed by atoms with Crippen LogP contribution >= 0.6 is 0 Å². The summed E-state index contributed by atoms with van der Waals surface area (Å²) in [6.45, 7) is 5.60. The summed E-state index contributed by atoms with van der Waals surface area (Å²) in [7, 11) is 1.60. The summed E-state index contributed by atoms with van der Waals surface area (Å²) in [6.07, 6.45) is 4.90. The van der Waals surface area contributed by atoms with Gasteiger partial charge in [0.2, 0.25) is 0 Å². The van der Waals surface area contributed by atoms with Gasteiger partial charge in [0.25, 0.3) is 0 Å². The van der Waals surface area contributed by atoms with E-state index >= 15 is 0 Å². The van der Waals surface area contributed by atoms with E-state index in [9.17, 15) is 9.59 Å². The summed E-state index contributed by atoms with van der Waals surface area (Å²) < 4.78 is 5.19. The first kappa shape index (κ1) is 15.0. The van der Waals surface area contributed by atoms with Gasteiger partial charge in [-0.05, 0) is 33.1 Å². The Labute approximate surface area is 110 Å².